The molecule has 0 spiro atoms. The van der Waals surface area contributed by atoms with Gasteiger partial charge in [-0.05, 0) is 44.1 Å². The van der Waals surface area contributed by atoms with Crippen molar-refractivity contribution in [1.29, 1.82) is 0 Å². The lowest BCUT2D eigenvalue weighted by Crippen LogP contribution is -2.42. The minimum absolute atomic E-state index is 0.0967. The number of piperidine rings is 1. The summed E-state index contributed by atoms with van der Waals surface area (Å²) in [6.45, 7) is 1.92. The number of carbonyl (C=O) groups is 1. The zero-order valence-corrected chi connectivity index (χ0v) is 13.2. The fourth-order valence-corrected chi connectivity index (χ4v) is 3.44. The van der Waals surface area contributed by atoms with Gasteiger partial charge in [0.2, 0.25) is 0 Å². The number of rotatable bonds is 5. The Morgan fingerprint density at radius 1 is 1.23 bits per heavy atom. The Morgan fingerprint density at radius 2 is 2.00 bits per heavy atom. The number of carbonyl (C=O) groups excluding carboxylic acids is 1. The molecule has 1 amide bonds. The second kappa shape index (κ2) is 7.51. The molecule has 1 fully saturated rings. The van der Waals surface area contributed by atoms with Crippen LogP contribution in [0.4, 0.5) is 0 Å². The first-order valence-electron chi connectivity index (χ1n) is 7.59. The average Bonchev–Trinajstić information content (AvgIpc) is 3.03. The summed E-state index contributed by atoms with van der Waals surface area (Å²) in [6, 6.07) is 12.3. The summed E-state index contributed by atoms with van der Waals surface area (Å²) in [5.41, 5.74) is 0.945. The van der Waals surface area contributed by atoms with E-state index in [1.165, 1.54) is 4.90 Å². The number of hydrogen-bond acceptors (Lipinski definition) is 4. The lowest BCUT2D eigenvalue weighted by Gasteiger charge is -2.23. The van der Waals surface area contributed by atoms with Crippen molar-refractivity contribution in [2.75, 3.05) is 13.1 Å². The number of nitrogens with one attached hydrogen (secondary N) is 2. The van der Waals surface area contributed by atoms with Crippen LogP contribution in [0.15, 0.2) is 52.0 Å². The maximum Gasteiger partial charge on any atom is 0.287 e. The van der Waals surface area contributed by atoms with E-state index >= 15 is 0 Å². The smallest absolute Gasteiger partial charge is 0.287 e. The van der Waals surface area contributed by atoms with E-state index in [0.717, 1.165) is 37.2 Å². The molecule has 5 heteroatoms. The molecule has 0 saturated carbocycles. The molecule has 116 valence electrons. The number of thioether (sulfide) groups is 1. The van der Waals surface area contributed by atoms with Gasteiger partial charge < -0.3 is 15.1 Å². The molecule has 0 bridgehead atoms. The third-order valence-electron chi connectivity index (χ3n) is 3.76. The van der Waals surface area contributed by atoms with Gasteiger partial charge in [-0.2, -0.15) is 0 Å². The van der Waals surface area contributed by atoms with Gasteiger partial charge >= 0.3 is 0 Å². The Bertz CT molecular complexity index is 606. The van der Waals surface area contributed by atoms with Crippen molar-refractivity contribution in [3.8, 4) is 0 Å². The van der Waals surface area contributed by atoms with Crippen molar-refractivity contribution < 1.29 is 9.21 Å². The lowest BCUT2D eigenvalue weighted by atomic mass is 10.1. The van der Waals surface area contributed by atoms with Gasteiger partial charge in [0, 0.05) is 22.3 Å². The van der Waals surface area contributed by atoms with E-state index in [1.807, 2.05) is 24.3 Å². The molecule has 0 radical (unpaired) electrons. The largest absolute Gasteiger partial charge is 0.459 e. The summed E-state index contributed by atoms with van der Waals surface area (Å²) in [4.78, 5) is 13.6. The Hall–Kier alpha value is -1.72. The molecule has 1 aromatic heterocycles. The predicted molar refractivity (Wildman–Crippen MR) is 88.1 cm³/mol. The van der Waals surface area contributed by atoms with E-state index in [0.29, 0.717) is 5.76 Å². The molecular formula is C17H20N2O2S. The maximum absolute atomic E-state index is 12.4. The van der Waals surface area contributed by atoms with Crippen molar-refractivity contribution >= 4 is 17.7 Å². The number of amides is 1. The summed E-state index contributed by atoms with van der Waals surface area (Å²) in [7, 11) is 0. The van der Waals surface area contributed by atoms with Gasteiger partial charge in [-0.1, -0.05) is 18.2 Å². The van der Waals surface area contributed by atoms with Gasteiger partial charge in [0.25, 0.3) is 5.91 Å². The Morgan fingerprint density at radius 3 is 2.77 bits per heavy atom. The minimum atomic E-state index is -0.0967. The zero-order chi connectivity index (χ0) is 15.2. The van der Waals surface area contributed by atoms with Crippen molar-refractivity contribution in [3.05, 3.63) is 54.0 Å². The van der Waals surface area contributed by atoms with Crippen LogP contribution in [-0.2, 0) is 5.75 Å². The highest BCUT2D eigenvalue weighted by Gasteiger charge is 2.20. The summed E-state index contributed by atoms with van der Waals surface area (Å²) in [6.07, 6.45) is 3.54. The molecule has 2 aromatic rings. The molecule has 1 saturated heterocycles. The summed E-state index contributed by atoms with van der Waals surface area (Å²) in [5.74, 6) is 1.08. The van der Waals surface area contributed by atoms with Gasteiger partial charge in [-0.15, -0.1) is 11.8 Å². The SMILES string of the molecule is O=C(NC1CCNCC1)c1occc1CSc1ccccc1. The van der Waals surface area contributed by atoms with Crippen LogP contribution in [0.3, 0.4) is 0 Å². The highest BCUT2D eigenvalue weighted by molar-refractivity contribution is 7.98. The third kappa shape index (κ3) is 3.93. The van der Waals surface area contributed by atoms with E-state index in [2.05, 4.69) is 22.8 Å². The standard InChI is InChI=1S/C17H20N2O2S/c20-17(19-14-6-9-18-10-7-14)16-13(8-11-21-16)12-22-15-4-2-1-3-5-15/h1-5,8,11,14,18H,6-7,9-10,12H2,(H,19,20). The van der Waals surface area contributed by atoms with Crippen LogP contribution in [0.1, 0.15) is 29.0 Å². The van der Waals surface area contributed by atoms with Crippen molar-refractivity contribution in [2.45, 2.75) is 29.5 Å². The summed E-state index contributed by atoms with van der Waals surface area (Å²) < 4.78 is 5.42. The quantitative estimate of drug-likeness (QED) is 0.833. The molecule has 3 rings (SSSR count). The maximum atomic E-state index is 12.4. The molecule has 2 heterocycles. The molecule has 22 heavy (non-hydrogen) atoms. The topological polar surface area (TPSA) is 54.3 Å². The summed E-state index contributed by atoms with van der Waals surface area (Å²) >= 11 is 1.71. The molecule has 0 unspecified atom stereocenters. The molecule has 0 aliphatic carbocycles. The molecule has 1 aliphatic heterocycles. The van der Waals surface area contributed by atoms with Gasteiger partial charge in [0.1, 0.15) is 0 Å². The van der Waals surface area contributed by atoms with Crippen LogP contribution in [0.2, 0.25) is 0 Å². The Balaban J connectivity index is 1.60. The first-order chi connectivity index (χ1) is 10.8. The Kier molecular flexibility index (Phi) is 5.19. The molecule has 0 atom stereocenters. The second-order valence-electron chi connectivity index (χ2n) is 5.37. The fourth-order valence-electron chi connectivity index (χ4n) is 2.54. The van der Waals surface area contributed by atoms with Crippen LogP contribution in [0.25, 0.3) is 0 Å². The summed E-state index contributed by atoms with van der Waals surface area (Å²) in [5, 5.41) is 6.37. The van der Waals surface area contributed by atoms with Crippen LogP contribution >= 0.6 is 11.8 Å². The average molecular weight is 316 g/mol. The van der Waals surface area contributed by atoms with Crippen LogP contribution in [-0.4, -0.2) is 25.0 Å². The zero-order valence-electron chi connectivity index (χ0n) is 12.4. The van der Waals surface area contributed by atoms with Gasteiger partial charge in [0.15, 0.2) is 5.76 Å². The molecule has 1 aromatic carbocycles. The van der Waals surface area contributed by atoms with Gasteiger partial charge in [-0.25, -0.2) is 0 Å². The van der Waals surface area contributed by atoms with Crippen LogP contribution in [0, 0.1) is 0 Å². The monoisotopic (exact) mass is 316 g/mol. The van der Waals surface area contributed by atoms with Crippen molar-refractivity contribution in [2.24, 2.45) is 0 Å². The number of benzene rings is 1. The number of furan rings is 1. The van der Waals surface area contributed by atoms with Gasteiger partial charge in [-0.3, -0.25) is 4.79 Å². The first kappa shape index (κ1) is 15.2. The van der Waals surface area contributed by atoms with E-state index in [-0.39, 0.29) is 11.9 Å². The van der Waals surface area contributed by atoms with E-state index in [1.54, 1.807) is 18.0 Å². The number of hydrogen-bond donors (Lipinski definition) is 2. The van der Waals surface area contributed by atoms with Crippen LogP contribution in [0.5, 0.6) is 0 Å². The lowest BCUT2D eigenvalue weighted by molar-refractivity contribution is 0.0900. The second-order valence-corrected chi connectivity index (χ2v) is 6.42. The van der Waals surface area contributed by atoms with Crippen molar-refractivity contribution in [1.82, 2.24) is 10.6 Å². The molecular weight excluding hydrogens is 296 g/mol. The van der Waals surface area contributed by atoms with E-state index < -0.39 is 0 Å². The Labute approximate surface area is 134 Å². The third-order valence-corrected chi connectivity index (χ3v) is 4.83. The highest BCUT2D eigenvalue weighted by atomic mass is 32.2. The van der Waals surface area contributed by atoms with E-state index in [4.69, 9.17) is 4.42 Å². The van der Waals surface area contributed by atoms with Crippen LogP contribution < -0.4 is 10.6 Å². The van der Waals surface area contributed by atoms with Gasteiger partial charge in [0.05, 0.1) is 6.26 Å². The predicted octanol–water partition coefficient (Wildman–Crippen LogP) is 3.05. The molecule has 4 nitrogen and oxygen atoms in total. The fraction of sp³-hybridized carbons (Fsp3) is 0.353. The van der Waals surface area contributed by atoms with E-state index in [9.17, 15) is 4.79 Å². The first-order valence-corrected chi connectivity index (χ1v) is 8.57. The normalized spacial score (nSPS) is 15.6. The molecule has 2 N–H and O–H groups in total. The molecule has 1 aliphatic rings. The minimum Gasteiger partial charge on any atom is -0.459 e. The highest BCUT2D eigenvalue weighted by Crippen LogP contribution is 2.25. The van der Waals surface area contributed by atoms with Crippen molar-refractivity contribution in [3.63, 3.8) is 0 Å².